The Balaban J connectivity index is 2.19. The molecule has 2 aromatic rings. The summed E-state index contributed by atoms with van der Waals surface area (Å²) in [7, 11) is 0. The lowest BCUT2D eigenvalue weighted by molar-refractivity contribution is -0.145. The van der Waals surface area contributed by atoms with Crippen molar-refractivity contribution in [2.24, 2.45) is 0 Å². The first kappa shape index (κ1) is 24.2. The molecule has 13 heteroatoms. The highest BCUT2D eigenvalue weighted by molar-refractivity contribution is 6.16. The third-order valence-corrected chi connectivity index (χ3v) is 3.92. The molecule has 2 amide bonds. The number of pyridine rings is 2. The Morgan fingerprint density at radius 1 is 1.22 bits per heavy atom. The first-order chi connectivity index (χ1) is 14.9. The zero-order chi connectivity index (χ0) is 24.1. The average molecular weight is 451 g/mol. The molecule has 0 aromatic carbocycles. The molecule has 0 spiro atoms. The Morgan fingerprint density at radius 2 is 1.88 bits per heavy atom. The Hall–Kier alpha value is -4.05. The van der Waals surface area contributed by atoms with E-state index >= 15 is 0 Å². The lowest BCUT2D eigenvalue weighted by atomic mass is 10.0. The van der Waals surface area contributed by atoms with Crippen LogP contribution in [0, 0.1) is 11.3 Å². The van der Waals surface area contributed by atoms with E-state index in [-0.39, 0.29) is 18.1 Å². The monoisotopic (exact) mass is 451 g/mol. The number of amides is 2. The SMILES string of the molecule is CCOC(=O)c1cccc(NC(=O)C(C)(O)C(=O)Nc2cnc(C#N)c(C(F)(F)F)c2)n1. The van der Waals surface area contributed by atoms with Crippen molar-refractivity contribution >= 4 is 29.3 Å². The van der Waals surface area contributed by atoms with Gasteiger partial charge in [0.2, 0.25) is 5.60 Å². The van der Waals surface area contributed by atoms with Gasteiger partial charge in [-0.15, -0.1) is 0 Å². The van der Waals surface area contributed by atoms with E-state index in [1.165, 1.54) is 24.3 Å². The molecule has 0 aliphatic heterocycles. The molecule has 1 atom stereocenters. The molecule has 2 rings (SSSR count). The molecule has 0 radical (unpaired) electrons. The van der Waals surface area contributed by atoms with Gasteiger partial charge in [0.05, 0.1) is 24.1 Å². The van der Waals surface area contributed by atoms with Crippen molar-refractivity contribution in [3.8, 4) is 6.07 Å². The second kappa shape index (κ2) is 9.40. The molecule has 0 bridgehead atoms. The maximum Gasteiger partial charge on any atom is 0.419 e. The van der Waals surface area contributed by atoms with Crippen LogP contribution >= 0.6 is 0 Å². The molecule has 32 heavy (non-hydrogen) atoms. The number of halogens is 3. The van der Waals surface area contributed by atoms with Gasteiger partial charge in [-0.2, -0.15) is 18.4 Å². The largest absolute Gasteiger partial charge is 0.461 e. The van der Waals surface area contributed by atoms with Crippen molar-refractivity contribution < 1.29 is 37.4 Å². The van der Waals surface area contributed by atoms with Gasteiger partial charge < -0.3 is 20.5 Å². The number of ether oxygens (including phenoxy) is 1. The number of anilines is 2. The topological polar surface area (TPSA) is 154 Å². The zero-order valence-corrected chi connectivity index (χ0v) is 16.6. The van der Waals surface area contributed by atoms with Crippen LogP contribution in [0.4, 0.5) is 24.7 Å². The van der Waals surface area contributed by atoms with Crippen LogP contribution in [0.5, 0.6) is 0 Å². The Bertz CT molecular complexity index is 1100. The number of nitriles is 1. The third kappa shape index (κ3) is 5.55. The van der Waals surface area contributed by atoms with Crippen molar-refractivity contribution in [2.75, 3.05) is 17.2 Å². The molecule has 10 nitrogen and oxygen atoms in total. The fourth-order valence-corrected chi connectivity index (χ4v) is 2.26. The molecule has 2 aromatic heterocycles. The number of carbonyl (C=O) groups excluding carboxylic acids is 3. The first-order valence-corrected chi connectivity index (χ1v) is 8.87. The van der Waals surface area contributed by atoms with Crippen LogP contribution in [0.25, 0.3) is 0 Å². The van der Waals surface area contributed by atoms with Crippen LogP contribution < -0.4 is 10.6 Å². The van der Waals surface area contributed by atoms with E-state index in [9.17, 15) is 32.7 Å². The summed E-state index contributed by atoms with van der Waals surface area (Å²) < 4.78 is 43.9. The van der Waals surface area contributed by atoms with Gasteiger partial charge in [0.15, 0.2) is 11.4 Å². The predicted molar refractivity (Wildman–Crippen MR) is 102 cm³/mol. The van der Waals surface area contributed by atoms with Crippen LogP contribution in [0.1, 0.15) is 35.6 Å². The molecule has 1 unspecified atom stereocenters. The summed E-state index contributed by atoms with van der Waals surface area (Å²) in [6.07, 6.45) is -4.15. The summed E-state index contributed by atoms with van der Waals surface area (Å²) >= 11 is 0. The first-order valence-electron chi connectivity index (χ1n) is 8.87. The van der Waals surface area contributed by atoms with Crippen LogP contribution in [0.2, 0.25) is 0 Å². The van der Waals surface area contributed by atoms with E-state index < -0.39 is 46.5 Å². The second-order valence-corrected chi connectivity index (χ2v) is 6.34. The van der Waals surface area contributed by atoms with Gasteiger partial charge in [0, 0.05) is 0 Å². The summed E-state index contributed by atoms with van der Waals surface area (Å²) in [5.74, 6) is -3.60. The van der Waals surface area contributed by atoms with E-state index in [0.717, 1.165) is 13.1 Å². The molecular weight excluding hydrogens is 435 g/mol. The number of hydrogen-bond acceptors (Lipinski definition) is 8. The van der Waals surface area contributed by atoms with Crippen LogP contribution in [0.15, 0.2) is 30.5 Å². The molecule has 168 valence electrons. The van der Waals surface area contributed by atoms with Gasteiger partial charge in [-0.25, -0.2) is 14.8 Å². The average Bonchev–Trinajstić information content (AvgIpc) is 2.73. The molecule has 0 fully saturated rings. The van der Waals surface area contributed by atoms with Gasteiger partial charge in [-0.05, 0) is 32.0 Å². The molecule has 0 aliphatic carbocycles. The van der Waals surface area contributed by atoms with Crippen molar-refractivity contribution in [1.29, 1.82) is 5.26 Å². The number of rotatable bonds is 6. The smallest absolute Gasteiger partial charge is 0.419 e. The number of nitrogens with zero attached hydrogens (tertiary/aromatic N) is 3. The van der Waals surface area contributed by atoms with Crippen molar-refractivity contribution in [1.82, 2.24) is 9.97 Å². The molecule has 3 N–H and O–H groups in total. The van der Waals surface area contributed by atoms with Gasteiger partial charge >= 0.3 is 12.1 Å². The Morgan fingerprint density at radius 3 is 2.47 bits per heavy atom. The van der Waals surface area contributed by atoms with E-state index in [0.29, 0.717) is 6.07 Å². The van der Waals surface area contributed by atoms with Crippen molar-refractivity contribution in [2.45, 2.75) is 25.6 Å². The zero-order valence-electron chi connectivity index (χ0n) is 16.6. The lowest BCUT2D eigenvalue weighted by Crippen LogP contribution is -2.50. The number of alkyl halides is 3. The summed E-state index contributed by atoms with van der Waals surface area (Å²) in [4.78, 5) is 43.6. The third-order valence-electron chi connectivity index (χ3n) is 3.92. The number of aromatic nitrogens is 2. The number of nitrogens with one attached hydrogen (secondary N) is 2. The number of aliphatic hydroxyl groups is 1. The molecular formula is C19H16F3N5O5. The molecule has 0 aliphatic rings. The van der Waals surface area contributed by atoms with Crippen LogP contribution in [-0.2, 0) is 20.5 Å². The second-order valence-electron chi connectivity index (χ2n) is 6.34. The fraction of sp³-hybridized carbons (Fsp3) is 0.263. The number of hydrogen-bond donors (Lipinski definition) is 3. The van der Waals surface area contributed by atoms with Gasteiger partial charge in [-0.3, -0.25) is 9.59 Å². The maximum absolute atomic E-state index is 13.0. The van der Waals surface area contributed by atoms with E-state index in [4.69, 9.17) is 10.00 Å². The highest BCUT2D eigenvalue weighted by Crippen LogP contribution is 2.32. The minimum Gasteiger partial charge on any atom is -0.461 e. The van der Waals surface area contributed by atoms with Gasteiger partial charge in [-0.1, -0.05) is 6.07 Å². The predicted octanol–water partition coefficient (Wildman–Crippen LogP) is 1.87. The van der Waals surface area contributed by atoms with E-state index in [2.05, 4.69) is 15.3 Å². The minimum absolute atomic E-state index is 0.0895. The molecule has 2 heterocycles. The number of carbonyl (C=O) groups is 3. The van der Waals surface area contributed by atoms with E-state index in [1.54, 1.807) is 6.92 Å². The Labute approximate surface area is 179 Å². The highest BCUT2D eigenvalue weighted by Gasteiger charge is 2.40. The fourth-order valence-electron chi connectivity index (χ4n) is 2.26. The normalized spacial score (nSPS) is 12.8. The minimum atomic E-state index is -4.92. The highest BCUT2D eigenvalue weighted by atomic mass is 19.4. The summed E-state index contributed by atoms with van der Waals surface area (Å²) in [6, 6.07) is 5.68. The van der Waals surface area contributed by atoms with E-state index in [1.807, 2.05) is 5.32 Å². The van der Waals surface area contributed by atoms with Gasteiger partial charge in [0.25, 0.3) is 11.8 Å². The summed E-state index contributed by atoms with van der Waals surface area (Å²) in [5.41, 5.74) is -5.71. The number of esters is 1. The van der Waals surface area contributed by atoms with Crippen LogP contribution in [0.3, 0.4) is 0 Å². The Kier molecular flexibility index (Phi) is 7.11. The maximum atomic E-state index is 13.0. The van der Waals surface area contributed by atoms with Gasteiger partial charge in [0.1, 0.15) is 11.9 Å². The standard InChI is InChI=1S/C19H16F3N5O5/c1-3-32-15(28)12-5-4-6-14(26-12)27-17(30)18(2,31)16(29)25-10-7-11(19(20,21)22)13(8-23)24-9-10/h4-7,9,31H,3H2,1-2H3,(H,25,29)(H,26,27,30). The van der Waals surface area contributed by atoms with Crippen molar-refractivity contribution in [3.05, 3.63) is 47.4 Å². The summed E-state index contributed by atoms with van der Waals surface area (Å²) in [5, 5.41) is 23.2. The molecule has 0 saturated carbocycles. The molecule has 0 saturated heterocycles. The quantitative estimate of drug-likeness (QED) is 0.444. The van der Waals surface area contributed by atoms with Crippen molar-refractivity contribution in [3.63, 3.8) is 0 Å². The lowest BCUT2D eigenvalue weighted by Gasteiger charge is -2.21. The van der Waals surface area contributed by atoms with Crippen LogP contribution in [-0.4, -0.2) is 45.1 Å². The summed E-state index contributed by atoms with van der Waals surface area (Å²) in [6.45, 7) is 2.47.